The molecule has 1 fully saturated rings. The molecule has 2 unspecified atom stereocenters. The minimum atomic E-state index is -0.0339. The largest absolute Gasteiger partial charge is 0.486 e. The van der Waals surface area contributed by atoms with Crippen LogP contribution in [0.4, 0.5) is 5.69 Å². The Kier molecular flexibility index (Phi) is 3.05. The lowest BCUT2D eigenvalue weighted by Crippen LogP contribution is -2.47. The van der Waals surface area contributed by atoms with Crippen LogP contribution in [-0.2, 0) is 0 Å². The van der Waals surface area contributed by atoms with E-state index in [2.05, 4.69) is 58.9 Å². The van der Waals surface area contributed by atoms with Gasteiger partial charge in [-0.1, -0.05) is 34.6 Å². The minimum Gasteiger partial charge on any atom is -0.486 e. The SMILES string of the molecule is CC1C2C(=[N+](O)c3c2ccc2c3C=C[C@H](C)O2)C(C)(C)CC1(C)C. The first-order valence-corrected chi connectivity index (χ1v) is 9.01. The third kappa shape index (κ3) is 1.93. The summed E-state index contributed by atoms with van der Waals surface area (Å²) in [6, 6.07) is 4.24. The van der Waals surface area contributed by atoms with E-state index >= 15 is 0 Å². The quantitative estimate of drug-likeness (QED) is 0.528. The van der Waals surface area contributed by atoms with E-state index < -0.39 is 0 Å². The molecular formula is C21H28NO2+. The molecule has 1 aromatic carbocycles. The van der Waals surface area contributed by atoms with Gasteiger partial charge in [0.1, 0.15) is 11.9 Å². The highest BCUT2D eigenvalue weighted by Gasteiger charge is 2.59. The Labute approximate surface area is 144 Å². The van der Waals surface area contributed by atoms with Crippen molar-refractivity contribution < 1.29 is 14.7 Å². The fourth-order valence-electron chi connectivity index (χ4n) is 5.28. The van der Waals surface area contributed by atoms with Crippen molar-refractivity contribution in [2.75, 3.05) is 0 Å². The first kappa shape index (κ1) is 15.7. The average Bonchev–Trinajstić information content (AvgIpc) is 2.78. The Hall–Kier alpha value is -1.77. The van der Waals surface area contributed by atoms with E-state index in [0.29, 0.717) is 5.92 Å². The Balaban J connectivity index is 1.97. The Bertz CT molecular complexity index is 785. The Morgan fingerprint density at radius 1 is 1.17 bits per heavy atom. The molecule has 24 heavy (non-hydrogen) atoms. The molecule has 1 aliphatic carbocycles. The Morgan fingerprint density at radius 2 is 1.88 bits per heavy atom. The number of rotatable bonds is 0. The van der Waals surface area contributed by atoms with E-state index in [1.165, 1.54) is 10.3 Å². The van der Waals surface area contributed by atoms with Crippen molar-refractivity contribution in [2.45, 2.75) is 60.0 Å². The molecule has 2 heterocycles. The van der Waals surface area contributed by atoms with Crippen LogP contribution < -0.4 is 4.74 Å². The lowest BCUT2D eigenvalue weighted by molar-refractivity contribution is -0.713. The predicted octanol–water partition coefficient (Wildman–Crippen LogP) is 5.14. The van der Waals surface area contributed by atoms with Crippen molar-refractivity contribution >= 4 is 17.5 Å². The first-order valence-electron chi connectivity index (χ1n) is 9.01. The summed E-state index contributed by atoms with van der Waals surface area (Å²) in [4.78, 5) is 0. The molecule has 0 bridgehead atoms. The molecule has 128 valence electrons. The van der Waals surface area contributed by atoms with Gasteiger partial charge in [0.2, 0.25) is 5.71 Å². The fourth-order valence-corrected chi connectivity index (χ4v) is 5.28. The number of fused-ring (bicyclic) bond motifs is 5. The van der Waals surface area contributed by atoms with Crippen molar-refractivity contribution in [3.63, 3.8) is 0 Å². The summed E-state index contributed by atoms with van der Waals surface area (Å²) in [6.45, 7) is 13.6. The van der Waals surface area contributed by atoms with Gasteiger partial charge in [0.25, 0.3) is 5.69 Å². The summed E-state index contributed by atoms with van der Waals surface area (Å²) in [6.07, 6.45) is 5.31. The third-order valence-electron chi connectivity index (χ3n) is 6.45. The summed E-state index contributed by atoms with van der Waals surface area (Å²) in [5, 5.41) is 11.1. The molecule has 0 radical (unpaired) electrons. The topological polar surface area (TPSA) is 32.5 Å². The molecule has 0 spiro atoms. The van der Waals surface area contributed by atoms with Gasteiger partial charge in [-0.25, -0.2) is 0 Å². The van der Waals surface area contributed by atoms with E-state index in [9.17, 15) is 5.21 Å². The molecule has 3 aliphatic rings. The van der Waals surface area contributed by atoms with Crippen LogP contribution in [-0.4, -0.2) is 21.8 Å². The maximum atomic E-state index is 11.1. The van der Waals surface area contributed by atoms with E-state index in [4.69, 9.17) is 4.74 Å². The summed E-state index contributed by atoms with van der Waals surface area (Å²) in [7, 11) is 0. The number of benzene rings is 1. The van der Waals surface area contributed by atoms with Crippen LogP contribution in [0.1, 0.15) is 65.0 Å². The van der Waals surface area contributed by atoms with E-state index in [0.717, 1.165) is 29.1 Å². The van der Waals surface area contributed by atoms with Crippen LogP contribution in [0.25, 0.3) is 6.08 Å². The van der Waals surface area contributed by atoms with Gasteiger partial charge in [-0.2, -0.15) is 0 Å². The molecule has 3 nitrogen and oxygen atoms in total. The summed E-state index contributed by atoms with van der Waals surface area (Å²) in [5.74, 6) is 1.61. The number of hydrogen-bond acceptors (Lipinski definition) is 2. The lowest BCUT2D eigenvalue weighted by atomic mass is 9.54. The molecule has 1 aromatic rings. The third-order valence-corrected chi connectivity index (χ3v) is 6.45. The second-order valence-corrected chi connectivity index (χ2v) is 9.11. The first-order chi connectivity index (χ1) is 11.1. The molecule has 0 aromatic heterocycles. The maximum Gasteiger partial charge on any atom is 0.272 e. The van der Waals surface area contributed by atoms with Crippen molar-refractivity contribution in [2.24, 2.45) is 16.7 Å². The van der Waals surface area contributed by atoms with Gasteiger partial charge >= 0.3 is 0 Å². The number of nitrogens with zero attached hydrogens (tertiary/aromatic N) is 1. The normalized spacial score (nSPS) is 32.0. The Morgan fingerprint density at radius 3 is 2.58 bits per heavy atom. The molecule has 2 aliphatic heterocycles. The van der Waals surface area contributed by atoms with Gasteiger partial charge in [0.05, 0.1) is 16.9 Å². The van der Waals surface area contributed by atoms with E-state index in [1.54, 1.807) is 0 Å². The van der Waals surface area contributed by atoms with Crippen molar-refractivity contribution in [1.82, 2.24) is 0 Å². The molecule has 1 saturated carbocycles. The molecule has 0 saturated heterocycles. The number of ether oxygens (including phenoxy) is 1. The van der Waals surface area contributed by atoms with E-state index in [-0.39, 0.29) is 22.9 Å². The van der Waals surface area contributed by atoms with Crippen LogP contribution in [0.15, 0.2) is 18.2 Å². The fraction of sp³-hybridized carbons (Fsp3) is 0.571. The van der Waals surface area contributed by atoms with Crippen molar-refractivity contribution in [3.8, 4) is 5.75 Å². The van der Waals surface area contributed by atoms with Crippen LogP contribution in [0.5, 0.6) is 5.75 Å². The molecule has 0 amide bonds. The standard InChI is InChI=1S/C21H28NO2/c1-12-7-8-14-16(24-12)10-9-15-17-13(2)20(3,4)11-21(5,6)19(17)22(23)18(14)15/h7-10,12-13,17,23H,11H2,1-6H3/q+1/t12-,13?,17?/m0/s1. The van der Waals surface area contributed by atoms with Crippen molar-refractivity contribution in [3.05, 3.63) is 29.3 Å². The van der Waals surface area contributed by atoms with Gasteiger partial charge < -0.3 is 4.74 Å². The number of hydrogen-bond donors (Lipinski definition) is 1. The summed E-state index contributed by atoms with van der Waals surface area (Å²) >= 11 is 0. The molecule has 4 rings (SSSR count). The average molecular weight is 326 g/mol. The van der Waals surface area contributed by atoms with Gasteiger partial charge in [-0.05, 0) is 49.0 Å². The highest BCUT2D eigenvalue weighted by molar-refractivity contribution is 5.98. The lowest BCUT2D eigenvalue weighted by Gasteiger charge is -2.46. The second kappa shape index (κ2) is 4.65. The zero-order chi connectivity index (χ0) is 17.4. The zero-order valence-electron chi connectivity index (χ0n) is 15.6. The molecule has 1 N–H and O–H groups in total. The van der Waals surface area contributed by atoms with Crippen LogP contribution in [0, 0.1) is 16.7 Å². The smallest absolute Gasteiger partial charge is 0.272 e. The highest BCUT2D eigenvalue weighted by Crippen LogP contribution is 2.58. The van der Waals surface area contributed by atoms with Crippen LogP contribution >= 0.6 is 0 Å². The van der Waals surface area contributed by atoms with Gasteiger partial charge in [-0.3, -0.25) is 5.21 Å². The molecule has 3 heteroatoms. The minimum absolute atomic E-state index is 0.0339. The van der Waals surface area contributed by atoms with Crippen LogP contribution in [0.3, 0.4) is 0 Å². The maximum absolute atomic E-state index is 11.1. The van der Waals surface area contributed by atoms with Crippen molar-refractivity contribution in [1.29, 1.82) is 0 Å². The zero-order valence-corrected chi connectivity index (χ0v) is 15.6. The van der Waals surface area contributed by atoms with Gasteiger partial charge in [0.15, 0.2) is 0 Å². The predicted molar refractivity (Wildman–Crippen MR) is 96.4 cm³/mol. The highest BCUT2D eigenvalue weighted by atomic mass is 16.5. The second-order valence-electron chi connectivity index (χ2n) is 9.11. The van der Waals surface area contributed by atoms with Gasteiger partial charge in [-0.15, -0.1) is 0 Å². The van der Waals surface area contributed by atoms with Crippen LogP contribution in [0.2, 0.25) is 0 Å². The van der Waals surface area contributed by atoms with Gasteiger partial charge in [0, 0.05) is 10.3 Å². The molecular weight excluding hydrogens is 298 g/mol. The summed E-state index contributed by atoms with van der Waals surface area (Å²) < 4.78 is 7.43. The summed E-state index contributed by atoms with van der Waals surface area (Å²) in [5.41, 5.74) is 4.52. The monoisotopic (exact) mass is 326 g/mol. The van der Waals surface area contributed by atoms with E-state index in [1.807, 2.05) is 6.92 Å². The molecule has 3 atom stereocenters.